The Morgan fingerprint density at radius 3 is 2.00 bits per heavy atom. The van der Waals surface area contributed by atoms with E-state index in [0.717, 1.165) is 0 Å². The molecule has 1 unspecified atom stereocenters. The maximum Gasteiger partial charge on any atom is 0.372 e. The molecule has 0 radical (unpaired) electrons. The van der Waals surface area contributed by atoms with Crippen LogP contribution in [0, 0.1) is 0 Å². The second-order valence-corrected chi connectivity index (χ2v) is 5.91. The Hall–Kier alpha value is -0.0900. The number of rotatable bonds is 9. The molecule has 0 saturated heterocycles. The summed E-state index contributed by atoms with van der Waals surface area (Å²) in [4.78, 5) is 10.9. The van der Waals surface area contributed by atoms with Crippen molar-refractivity contribution in [3.05, 3.63) is 0 Å². The number of carbonyl (C=O) groups excluding carboxylic acids is 1. The van der Waals surface area contributed by atoms with E-state index < -0.39 is 19.4 Å². The second-order valence-electron chi connectivity index (χ2n) is 3.42. The predicted octanol–water partition coefficient (Wildman–Crippen LogP) is 3.16. The van der Waals surface area contributed by atoms with Crippen molar-refractivity contribution in [3.63, 3.8) is 0 Å². The van der Waals surface area contributed by atoms with Crippen LogP contribution in [0.25, 0.3) is 0 Å². The van der Waals surface area contributed by atoms with Gasteiger partial charge in [0.25, 0.3) is 0 Å². The van der Waals surface area contributed by atoms with Crippen LogP contribution >= 0.6 is 19.2 Å². The van der Waals surface area contributed by atoms with Gasteiger partial charge < -0.3 is 13.8 Å². The third kappa shape index (κ3) is 6.41. The first-order chi connectivity index (χ1) is 8.00. The van der Waals surface area contributed by atoms with Gasteiger partial charge in [0.05, 0.1) is 19.1 Å². The summed E-state index contributed by atoms with van der Waals surface area (Å²) in [5.41, 5.74) is 0. The highest BCUT2D eigenvalue weighted by Gasteiger charge is 2.38. The normalized spacial score (nSPS) is 13.4. The van der Waals surface area contributed by atoms with Gasteiger partial charge in [-0.15, -0.1) is 11.6 Å². The molecule has 0 heterocycles. The topological polar surface area (TPSA) is 61.8 Å². The van der Waals surface area contributed by atoms with Crippen LogP contribution in [0.5, 0.6) is 0 Å². The minimum atomic E-state index is -3.49. The van der Waals surface area contributed by atoms with Crippen molar-refractivity contribution in [2.75, 3.05) is 19.1 Å². The van der Waals surface area contributed by atoms with Gasteiger partial charge in [0.2, 0.25) is 5.85 Å². The first-order valence-corrected chi connectivity index (χ1v) is 7.76. The van der Waals surface area contributed by atoms with E-state index in [4.69, 9.17) is 25.4 Å². The van der Waals surface area contributed by atoms with Crippen molar-refractivity contribution < 1.29 is 23.1 Å². The van der Waals surface area contributed by atoms with E-state index in [1.807, 2.05) is 13.8 Å². The van der Waals surface area contributed by atoms with E-state index in [9.17, 15) is 9.36 Å². The standard InChI is InChI=1S/C10H20ClO5P/c1-4-6-14-17(13,15-7-5-2)10(8-11)16-9(3)12/h10H,4-8H2,1-3H3. The van der Waals surface area contributed by atoms with Crippen molar-refractivity contribution in [3.8, 4) is 0 Å². The van der Waals surface area contributed by atoms with Gasteiger partial charge in [-0.25, -0.2) is 0 Å². The Morgan fingerprint density at radius 2 is 1.71 bits per heavy atom. The molecule has 0 aromatic heterocycles. The molecular weight excluding hydrogens is 267 g/mol. The van der Waals surface area contributed by atoms with E-state index in [0.29, 0.717) is 12.8 Å². The molecule has 0 rings (SSSR count). The zero-order valence-corrected chi connectivity index (χ0v) is 12.1. The number of halogens is 1. The van der Waals surface area contributed by atoms with Gasteiger partial charge >= 0.3 is 13.6 Å². The molecule has 0 aromatic carbocycles. The van der Waals surface area contributed by atoms with Crippen molar-refractivity contribution in [1.82, 2.24) is 0 Å². The van der Waals surface area contributed by atoms with Crippen LogP contribution in [0.3, 0.4) is 0 Å². The molecule has 7 heteroatoms. The van der Waals surface area contributed by atoms with Crippen LogP contribution in [0.4, 0.5) is 0 Å². The van der Waals surface area contributed by atoms with Gasteiger partial charge in [-0.2, -0.15) is 0 Å². The third-order valence-electron chi connectivity index (χ3n) is 1.74. The number of alkyl halides is 1. The number of carbonyl (C=O) groups is 1. The van der Waals surface area contributed by atoms with E-state index in [1.54, 1.807) is 0 Å². The highest BCUT2D eigenvalue weighted by atomic mass is 35.5. The monoisotopic (exact) mass is 286 g/mol. The zero-order valence-electron chi connectivity index (χ0n) is 10.5. The lowest BCUT2D eigenvalue weighted by Gasteiger charge is -2.24. The fraction of sp³-hybridized carbons (Fsp3) is 0.900. The van der Waals surface area contributed by atoms with Crippen molar-refractivity contribution in [1.29, 1.82) is 0 Å². The molecule has 0 bridgehead atoms. The summed E-state index contributed by atoms with van der Waals surface area (Å²) in [6.07, 6.45) is 1.38. The maximum atomic E-state index is 12.4. The first-order valence-electron chi connectivity index (χ1n) is 5.62. The lowest BCUT2D eigenvalue weighted by Crippen LogP contribution is -2.21. The third-order valence-corrected chi connectivity index (χ3v) is 4.31. The molecule has 1 atom stereocenters. The second kappa shape index (κ2) is 8.92. The maximum absolute atomic E-state index is 12.4. The van der Waals surface area contributed by atoms with Crippen LogP contribution in [-0.2, 0) is 23.1 Å². The van der Waals surface area contributed by atoms with Crippen LogP contribution in [0.1, 0.15) is 33.6 Å². The van der Waals surface area contributed by atoms with Crippen LogP contribution in [0.15, 0.2) is 0 Å². The SMILES string of the molecule is CCCOP(=O)(OCCC)C(CCl)OC(C)=O. The zero-order chi connectivity index (χ0) is 13.3. The Kier molecular flexibility index (Phi) is 8.88. The molecule has 0 saturated carbocycles. The molecular formula is C10H20ClO5P. The number of hydrogen-bond acceptors (Lipinski definition) is 5. The summed E-state index contributed by atoms with van der Waals surface area (Å²) >= 11 is 5.64. The summed E-state index contributed by atoms with van der Waals surface area (Å²) in [7, 11) is -3.49. The van der Waals surface area contributed by atoms with E-state index in [2.05, 4.69) is 0 Å². The molecule has 0 spiro atoms. The number of hydrogen-bond donors (Lipinski definition) is 0. The summed E-state index contributed by atoms with van der Waals surface area (Å²) in [5.74, 6) is -1.72. The average molecular weight is 287 g/mol. The van der Waals surface area contributed by atoms with Crippen LogP contribution < -0.4 is 0 Å². The number of ether oxygens (including phenoxy) is 1. The summed E-state index contributed by atoms with van der Waals surface area (Å²) < 4.78 is 27.7. The van der Waals surface area contributed by atoms with Gasteiger partial charge in [0.1, 0.15) is 0 Å². The molecule has 5 nitrogen and oxygen atoms in total. The Balaban J connectivity index is 4.70. The van der Waals surface area contributed by atoms with Gasteiger partial charge in [0, 0.05) is 6.92 Å². The first kappa shape index (κ1) is 16.9. The molecule has 0 amide bonds. The Morgan fingerprint density at radius 1 is 1.24 bits per heavy atom. The molecule has 102 valence electrons. The molecule has 0 fully saturated rings. The molecule has 17 heavy (non-hydrogen) atoms. The van der Waals surface area contributed by atoms with Crippen molar-refractivity contribution in [2.24, 2.45) is 0 Å². The van der Waals surface area contributed by atoms with Gasteiger partial charge in [0.15, 0.2) is 0 Å². The highest BCUT2D eigenvalue weighted by molar-refractivity contribution is 7.54. The van der Waals surface area contributed by atoms with E-state index in [-0.39, 0.29) is 19.1 Å². The fourth-order valence-electron chi connectivity index (χ4n) is 1.01. The van der Waals surface area contributed by atoms with E-state index in [1.165, 1.54) is 6.92 Å². The number of esters is 1. The lowest BCUT2D eigenvalue weighted by atomic mass is 10.5. The van der Waals surface area contributed by atoms with Gasteiger partial charge in [-0.3, -0.25) is 9.36 Å². The molecule has 0 aliphatic carbocycles. The summed E-state index contributed by atoms with van der Waals surface area (Å²) in [5, 5.41) is 0. The van der Waals surface area contributed by atoms with Crippen molar-refractivity contribution >= 4 is 25.2 Å². The summed E-state index contributed by atoms with van der Waals surface area (Å²) in [6, 6.07) is 0. The fourth-order valence-corrected chi connectivity index (χ4v) is 3.31. The molecule has 0 aliphatic heterocycles. The van der Waals surface area contributed by atoms with Crippen LogP contribution in [0.2, 0.25) is 0 Å². The Labute approximate surface area is 107 Å². The molecule has 0 aliphatic rings. The van der Waals surface area contributed by atoms with E-state index >= 15 is 0 Å². The predicted molar refractivity (Wildman–Crippen MR) is 66.4 cm³/mol. The van der Waals surface area contributed by atoms with Crippen LogP contribution in [-0.4, -0.2) is 30.9 Å². The minimum absolute atomic E-state index is 0.121. The quantitative estimate of drug-likeness (QED) is 0.370. The molecule has 0 aromatic rings. The largest absolute Gasteiger partial charge is 0.448 e. The summed E-state index contributed by atoms with van der Waals surface area (Å²) in [6.45, 7) is 5.53. The smallest absolute Gasteiger partial charge is 0.372 e. The Bertz CT molecular complexity index is 259. The van der Waals surface area contributed by atoms with Gasteiger partial charge in [-0.1, -0.05) is 13.8 Å². The highest BCUT2D eigenvalue weighted by Crippen LogP contribution is 2.54. The lowest BCUT2D eigenvalue weighted by molar-refractivity contribution is -0.142. The van der Waals surface area contributed by atoms with Gasteiger partial charge in [-0.05, 0) is 12.8 Å². The van der Waals surface area contributed by atoms with Crippen molar-refractivity contribution in [2.45, 2.75) is 39.5 Å². The minimum Gasteiger partial charge on any atom is -0.448 e. The molecule has 0 N–H and O–H groups in total. The average Bonchev–Trinajstić information content (AvgIpc) is 2.30.